The van der Waals surface area contributed by atoms with Gasteiger partial charge in [0.25, 0.3) is 10.1 Å². The Morgan fingerprint density at radius 2 is 1.39 bits per heavy atom. The molecule has 1 aromatic rings. The monoisotopic (exact) mass is 342 g/mol. The summed E-state index contributed by atoms with van der Waals surface area (Å²) in [6.07, 6.45) is 6.67. The first kappa shape index (κ1) is 20.1. The Hall–Kier alpha value is -0.910. The number of hydrogen-bond acceptors (Lipinski definition) is 3. The first-order chi connectivity index (χ1) is 10.7. The Morgan fingerprint density at radius 3 is 1.96 bits per heavy atom. The zero-order valence-electron chi connectivity index (χ0n) is 15.0. The number of nitrogens with zero attached hydrogens (tertiary/aromatic N) is 1. The van der Waals surface area contributed by atoms with E-state index in [1.54, 1.807) is 24.3 Å². The van der Waals surface area contributed by atoms with Crippen LogP contribution in [0.3, 0.4) is 0 Å². The summed E-state index contributed by atoms with van der Waals surface area (Å²) in [4.78, 5) is 0.239. The van der Waals surface area contributed by atoms with Gasteiger partial charge in [0, 0.05) is 0 Å². The topological polar surface area (TPSA) is 43.4 Å². The largest absolute Gasteiger partial charge is 0.331 e. The van der Waals surface area contributed by atoms with E-state index >= 15 is 0 Å². The maximum atomic E-state index is 12.0. The predicted octanol–water partition coefficient (Wildman–Crippen LogP) is 3.75. The minimum atomic E-state index is -3.60. The zero-order chi connectivity index (χ0) is 17.3. The molecule has 0 saturated carbocycles. The smallest absolute Gasteiger partial charge is 0.296 e. The summed E-state index contributed by atoms with van der Waals surface area (Å²) in [6, 6.07) is 6.76. The molecule has 0 aliphatic carbocycles. The third kappa shape index (κ3) is 9.08. The van der Waals surface area contributed by atoms with Crippen molar-refractivity contribution in [2.75, 3.05) is 34.3 Å². The summed E-state index contributed by atoms with van der Waals surface area (Å²) < 4.78 is 30.1. The molecule has 0 bridgehead atoms. The molecule has 0 amide bonds. The highest BCUT2D eigenvalue weighted by atomic mass is 32.2. The molecule has 0 heterocycles. The van der Waals surface area contributed by atoms with Crippen molar-refractivity contribution in [2.24, 2.45) is 0 Å². The van der Waals surface area contributed by atoms with Gasteiger partial charge in [-0.25, -0.2) is 0 Å². The van der Waals surface area contributed by atoms with Crippen LogP contribution in [0.2, 0.25) is 0 Å². The summed E-state index contributed by atoms with van der Waals surface area (Å²) in [5.74, 6) is 0. The first-order valence-corrected chi connectivity index (χ1v) is 9.88. The van der Waals surface area contributed by atoms with E-state index in [2.05, 4.69) is 21.1 Å². The van der Waals surface area contributed by atoms with Gasteiger partial charge in [-0.1, -0.05) is 37.0 Å². The Kier molecular flexibility index (Phi) is 8.23. The van der Waals surface area contributed by atoms with Crippen molar-refractivity contribution in [2.45, 2.75) is 50.3 Å². The van der Waals surface area contributed by atoms with E-state index in [1.807, 2.05) is 6.92 Å². The lowest BCUT2D eigenvalue weighted by Gasteiger charge is -2.23. The Bertz CT molecular complexity index is 545. The SMILES string of the molecule is Cc1ccc(S(=O)(=O)OCCCCCCCC[N+](C)(C)C)cc1. The van der Waals surface area contributed by atoms with Crippen molar-refractivity contribution in [3.63, 3.8) is 0 Å². The second kappa shape index (κ2) is 9.40. The van der Waals surface area contributed by atoms with Crippen molar-refractivity contribution in [1.82, 2.24) is 0 Å². The molecule has 0 aromatic heterocycles. The van der Waals surface area contributed by atoms with Crippen molar-refractivity contribution in [3.8, 4) is 0 Å². The quantitative estimate of drug-likeness (QED) is 0.349. The Morgan fingerprint density at radius 1 is 0.870 bits per heavy atom. The van der Waals surface area contributed by atoms with E-state index in [-0.39, 0.29) is 11.5 Å². The molecule has 1 aromatic carbocycles. The lowest BCUT2D eigenvalue weighted by Crippen LogP contribution is -2.35. The van der Waals surface area contributed by atoms with E-state index in [0.29, 0.717) is 0 Å². The average Bonchev–Trinajstić information content (AvgIpc) is 2.44. The minimum absolute atomic E-state index is 0.239. The van der Waals surface area contributed by atoms with Crippen molar-refractivity contribution in [1.29, 1.82) is 0 Å². The second-order valence-corrected chi connectivity index (χ2v) is 8.84. The highest BCUT2D eigenvalue weighted by molar-refractivity contribution is 7.86. The number of aryl methyl sites for hydroxylation is 1. The summed E-state index contributed by atoms with van der Waals surface area (Å²) >= 11 is 0. The van der Waals surface area contributed by atoms with E-state index < -0.39 is 10.1 Å². The van der Waals surface area contributed by atoms with Gasteiger partial charge in [-0.2, -0.15) is 8.42 Å². The van der Waals surface area contributed by atoms with Gasteiger partial charge in [-0.15, -0.1) is 0 Å². The lowest BCUT2D eigenvalue weighted by molar-refractivity contribution is -0.870. The summed E-state index contributed by atoms with van der Waals surface area (Å²) in [7, 11) is 3.05. The van der Waals surface area contributed by atoms with Crippen LogP contribution >= 0.6 is 0 Å². The fourth-order valence-corrected chi connectivity index (χ4v) is 3.28. The second-order valence-electron chi connectivity index (χ2n) is 7.22. The lowest BCUT2D eigenvalue weighted by atomic mass is 10.1. The molecule has 4 nitrogen and oxygen atoms in total. The summed E-state index contributed by atoms with van der Waals surface area (Å²) in [6.45, 7) is 3.41. The zero-order valence-corrected chi connectivity index (χ0v) is 15.9. The molecular formula is C18H32NO3S+. The molecule has 0 spiro atoms. The van der Waals surface area contributed by atoms with Gasteiger partial charge in [0.2, 0.25) is 0 Å². The van der Waals surface area contributed by atoms with Crippen LogP contribution in [-0.4, -0.2) is 47.2 Å². The van der Waals surface area contributed by atoms with Crippen LogP contribution in [0.5, 0.6) is 0 Å². The number of quaternary nitrogens is 1. The number of unbranched alkanes of at least 4 members (excludes halogenated alkanes) is 5. The standard InChI is InChI=1S/C18H32NO3S/c1-17-11-13-18(14-12-17)23(20,21)22-16-10-8-6-5-7-9-15-19(2,3)4/h11-14H,5-10,15-16H2,1-4H3/q+1. The van der Waals surface area contributed by atoms with Crippen LogP contribution in [0.4, 0.5) is 0 Å². The van der Waals surface area contributed by atoms with Crippen LogP contribution in [0, 0.1) is 6.92 Å². The fraction of sp³-hybridized carbons (Fsp3) is 0.667. The minimum Gasteiger partial charge on any atom is -0.331 e. The number of rotatable bonds is 11. The van der Waals surface area contributed by atoms with Gasteiger partial charge in [0.05, 0.1) is 39.2 Å². The number of benzene rings is 1. The maximum Gasteiger partial charge on any atom is 0.296 e. The Balaban J connectivity index is 2.12. The van der Waals surface area contributed by atoms with Gasteiger partial charge in [-0.05, 0) is 38.3 Å². The molecule has 0 aliphatic heterocycles. The van der Waals surface area contributed by atoms with Crippen molar-refractivity contribution < 1.29 is 17.1 Å². The van der Waals surface area contributed by atoms with Crippen LogP contribution in [0.15, 0.2) is 29.2 Å². The molecule has 5 heteroatoms. The van der Waals surface area contributed by atoms with Crippen LogP contribution < -0.4 is 0 Å². The highest BCUT2D eigenvalue weighted by Crippen LogP contribution is 2.14. The van der Waals surface area contributed by atoms with E-state index in [1.165, 1.54) is 25.8 Å². The number of hydrogen-bond donors (Lipinski definition) is 0. The summed E-state index contributed by atoms with van der Waals surface area (Å²) in [5, 5.41) is 0. The van der Waals surface area contributed by atoms with Gasteiger partial charge in [-0.3, -0.25) is 4.18 Å². The molecule has 0 atom stereocenters. The highest BCUT2D eigenvalue weighted by Gasteiger charge is 2.14. The molecule has 0 saturated heterocycles. The van der Waals surface area contributed by atoms with Crippen molar-refractivity contribution in [3.05, 3.63) is 29.8 Å². The molecule has 132 valence electrons. The van der Waals surface area contributed by atoms with E-state index in [0.717, 1.165) is 29.3 Å². The molecule has 0 aliphatic rings. The van der Waals surface area contributed by atoms with Crippen LogP contribution in [0.1, 0.15) is 44.1 Å². The van der Waals surface area contributed by atoms with Crippen LogP contribution in [-0.2, 0) is 14.3 Å². The van der Waals surface area contributed by atoms with E-state index in [4.69, 9.17) is 4.18 Å². The molecule has 0 fully saturated rings. The molecular weight excluding hydrogens is 310 g/mol. The molecule has 1 rings (SSSR count). The molecule has 0 unspecified atom stereocenters. The molecule has 0 radical (unpaired) electrons. The van der Waals surface area contributed by atoms with Crippen LogP contribution in [0.25, 0.3) is 0 Å². The van der Waals surface area contributed by atoms with Crippen molar-refractivity contribution >= 4 is 10.1 Å². The average molecular weight is 343 g/mol. The van der Waals surface area contributed by atoms with Gasteiger partial charge >= 0.3 is 0 Å². The fourth-order valence-electron chi connectivity index (χ4n) is 2.34. The maximum absolute atomic E-state index is 12.0. The third-order valence-corrected chi connectivity index (χ3v) is 5.10. The molecule has 0 N–H and O–H groups in total. The molecule has 23 heavy (non-hydrogen) atoms. The van der Waals surface area contributed by atoms with Gasteiger partial charge < -0.3 is 4.48 Å². The normalized spacial score (nSPS) is 12.5. The third-order valence-electron chi connectivity index (χ3n) is 3.77. The van der Waals surface area contributed by atoms with Gasteiger partial charge in [0.15, 0.2) is 0 Å². The first-order valence-electron chi connectivity index (χ1n) is 8.47. The Labute approximate surface area is 142 Å². The van der Waals surface area contributed by atoms with E-state index in [9.17, 15) is 8.42 Å². The predicted molar refractivity (Wildman–Crippen MR) is 94.9 cm³/mol. The summed E-state index contributed by atoms with van der Waals surface area (Å²) in [5.41, 5.74) is 1.04. The van der Waals surface area contributed by atoms with Gasteiger partial charge in [0.1, 0.15) is 0 Å².